The minimum atomic E-state index is -2.92. The molecule has 0 aromatic heterocycles. The van der Waals surface area contributed by atoms with Crippen LogP contribution in [-0.2, 0) is 9.84 Å². The van der Waals surface area contributed by atoms with Gasteiger partial charge in [0.2, 0.25) is 0 Å². The summed E-state index contributed by atoms with van der Waals surface area (Å²) >= 11 is 5.57. The van der Waals surface area contributed by atoms with Crippen molar-refractivity contribution in [2.24, 2.45) is 5.92 Å². The van der Waals surface area contributed by atoms with E-state index < -0.39 is 9.84 Å². The Bertz CT molecular complexity index is 641. The highest BCUT2D eigenvalue weighted by Crippen LogP contribution is 2.21. The van der Waals surface area contributed by atoms with E-state index in [0.717, 1.165) is 17.8 Å². The quantitative estimate of drug-likeness (QED) is 0.854. The lowest BCUT2D eigenvalue weighted by Crippen LogP contribution is -2.45. The maximum absolute atomic E-state index is 11.8. The highest BCUT2D eigenvalue weighted by molar-refractivity contribution is 7.91. The molecule has 0 unspecified atom stereocenters. The van der Waals surface area contributed by atoms with Gasteiger partial charge in [0.05, 0.1) is 11.5 Å². The van der Waals surface area contributed by atoms with Crippen molar-refractivity contribution in [1.82, 2.24) is 4.90 Å². The van der Waals surface area contributed by atoms with E-state index in [-0.39, 0.29) is 17.5 Å². The van der Waals surface area contributed by atoms with Gasteiger partial charge in [0.25, 0.3) is 0 Å². The molecule has 0 saturated carbocycles. The summed E-state index contributed by atoms with van der Waals surface area (Å²) in [6.45, 7) is 7.02. The largest absolute Gasteiger partial charge is 0.345 e. The maximum Gasteiger partial charge on any atom is 0.173 e. The first-order valence-corrected chi connectivity index (χ1v) is 9.85. The average Bonchev–Trinajstić information content (AvgIpc) is 2.78. The van der Waals surface area contributed by atoms with Gasteiger partial charge in [-0.3, -0.25) is 0 Å². The van der Waals surface area contributed by atoms with Crippen LogP contribution in [0.2, 0.25) is 0 Å². The van der Waals surface area contributed by atoms with Crippen LogP contribution in [0.1, 0.15) is 25.8 Å². The Morgan fingerprint density at radius 2 is 2.09 bits per heavy atom. The second kappa shape index (κ2) is 6.96. The minimum absolute atomic E-state index is 0.0172. The van der Waals surface area contributed by atoms with Crippen molar-refractivity contribution in [1.29, 1.82) is 0 Å². The van der Waals surface area contributed by atoms with Crippen LogP contribution in [0.25, 0.3) is 0 Å². The zero-order chi connectivity index (χ0) is 16.3. The van der Waals surface area contributed by atoms with Crippen molar-refractivity contribution >= 4 is 32.9 Å². The van der Waals surface area contributed by atoms with Gasteiger partial charge in [0.1, 0.15) is 0 Å². The standard InChI is InChI=1S/C16H24N2O2S2/c1-12(2)10-18(14-8-9-22(19,20)11-14)16(21)17-15-7-5-4-6-13(15)3/h4-7,12,14H,8-11H2,1-3H3,(H,17,21)/t14-/m0/s1. The maximum atomic E-state index is 11.8. The Kier molecular flexibility index (Phi) is 5.45. The Morgan fingerprint density at radius 3 is 2.64 bits per heavy atom. The molecule has 0 aliphatic carbocycles. The second-order valence-corrected chi connectivity index (χ2v) is 8.96. The molecular formula is C16H24N2O2S2. The summed E-state index contributed by atoms with van der Waals surface area (Å²) < 4.78 is 23.6. The average molecular weight is 341 g/mol. The summed E-state index contributed by atoms with van der Waals surface area (Å²) in [7, 11) is -2.92. The molecule has 0 bridgehead atoms. The molecule has 1 aromatic carbocycles. The lowest BCUT2D eigenvalue weighted by Gasteiger charge is -2.32. The van der Waals surface area contributed by atoms with Crippen LogP contribution in [0.15, 0.2) is 24.3 Å². The number of para-hydroxylation sites is 1. The van der Waals surface area contributed by atoms with Crippen molar-refractivity contribution in [3.8, 4) is 0 Å². The SMILES string of the molecule is Cc1ccccc1NC(=S)N(CC(C)C)[C@H]1CCS(=O)(=O)C1. The molecule has 1 heterocycles. The Balaban J connectivity index is 2.15. The molecule has 1 fully saturated rings. The van der Waals surface area contributed by atoms with Crippen molar-refractivity contribution in [3.05, 3.63) is 29.8 Å². The van der Waals surface area contributed by atoms with Crippen LogP contribution in [0, 0.1) is 12.8 Å². The number of hydrogen-bond acceptors (Lipinski definition) is 3. The minimum Gasteiger partial charge on any atom is -0.345 e. The lowest BCUT2D eigenvalue weighted by molar-refractivity contribution is 0.303. The summed E-state index contributed by atoms with van der Waals surface area (Å²) in [4.78, 5) is 2.05. The van der Waals surface area contributed by atoms with E-state index in [9.17, 15) is 8.42 Å². The molecule has 4 nitrogen and oxygen atoms in total. The number of nitrogens with one attached hydrogen (secondary N) is 1. The first kappa shape index (κ1) is 17.2. The number of sulfone groups is 1. The molecule has 1 aromatic rings. The van der Waals surface area contributed by atoms with Gasteiger partial charge in [-0.15, -0.1) is 0 Å². The monoisotopic (exact) mass is 340 g/mol. The normalized spacial score (nSPS) is 20.1. The fraction of sp³-hybridized carbons (Fsp3) is 0.562. The number of aryl methyl sites for hydroxylation is 1. The summed E-state index contributed by atoms with van der Waals surface area (Å²) in [6, 6.07) is 7.94. The first-order chi connectivity index (χ1) is 10.3. The summed E-state index contributed by atoms with van der Waals surface area (Å²) in [6.07, 6.45) is 0.657. The molecule has 1 atom stereocenters. The molecular weight excluding hydrogens is 316 g/mol. The third kappa shape index (κ3) is 4.43. The summed E-state index contributed by atoms with van der Waals surface area (Å²) in [5, 5.41) is 3.90. The van der Waals surface area contributed by atoms with Crippen LogP contribution < -0.4 is 5.32 Å². The van der Waals surface area contributed by atoms with E-state index in [2.05, 4.69) is 24.1 Å². The fourth-order valence-electron chi connectivity index (χ4n) is 2.71. The first-order valence-electron chi connectivity index (χ1n) is 7.62. The van der Waals surface area contributed by atoms with Gasteiger partial charge in [0, 0.05) is 18.3 Å². The Labute approximate surface area is 138 Å². The van der Waals surface area contributed by atoms with E-state index in [0.29, 0.717) is 17.5 Å². The molecule has 6 heteroatoms. The number of nitrogens with zero attached hydrogens (tertiary/aromatic N) is 1. The van der Waals surface area contributed by atoms with Crippen molar-refractivity contribution in [2.45, 2.75) is 33.2 Å². The van der Waals surface area contributed by atoms with Gasteiger partial charge in [-0.05, 0) is 43.1 Å². The summed E-state index contributed by atoms with van der Waals surface area (Å²) in [5.41, 5.74) is 2.09. The summed E-state index contributed by atoms with van der Waals surface area (Å²) in [5.74, 6) is 0.883. The van der Waals surface area contributed by atoms with Gasteiger partial charge in [-0.1, -0.05) is 32.0 Å². The third-order valence-corrected chi connectivity index (χ3v) is 5.95. The van der Waals surface area contributed by atoms with Crippen molar-refractivity contribution < 1.29 is 8.42 Å². The molecule has 22 heavy (non-hydrogen) atoms. The highest BCUT2D eigenvalue weighted by atomic mass is 32.2. The fourth-order valence-corrected chi connectivity index (χ4v) is 4.78. The second-order valence-electron chi connectivity index (χ2n) is 6.35. The molecule has 1 aliphatic rings. The number of benzene rings is 1. The zero-order valence-corrected chi connectivity index (χ0v) is 15.0. The molecule has 2 rings (SSSR count). The number of rotatable bonds is 4. The van der Waals surface area contributed by atoms with Crippen LogP contribution >= 0.6 is 12.2 Å². The molecule has 0 amide bonds. The van der Waals surface area contributed by atoms with E-state index in [4.69, 9.17) is 12.2 Å². The van der Waals surface area contributed by atoms with Crippen molar-refractivity contribution in [3.63, 3.8) is 0 Å². The van der Waals surface area contributed by atoms with Crippen molar-refractivity contribution in [2.75, 3.05) is 23.4 Å². The van der Waals surface area contributed by atoms with E-state index in [1.165, 1.54) is 0 Å². The number of thiocarbonyl (C=S) groups is 1. The van der Waals surface area contributed by atoms with E-state index in [1.807, 2.05) is 31.2 Å². The molecule has 0 radical (unpaired) electrons. The molecule has 122 valence electrons. The van der Waals surface area contributed by atoms with Crippen LogP contribution in [0.5, 0.6) is 0 Å². The van der Waals surface area contributed by atoms with Gasteiger partial charge >= 0.3 is 0 Å². The Hall–Kier alpha value is -1.14. The van der Waals surface area contributed by atoms with Gasteiger partial charge < -0.3 is 10.2 Å². The van der Waals surface area contributed by atoms with Gasteiger partial charge in [0.15, 0.2) is 14.9 Å². The zero-order valence-electron chi connectivity index (χ0n) is 13.4. The van der Waals surface area contributed by atoms with E-state index >= 15 is 0 Å². The predicted octanol–water partition coefficient (Wildman–Crippen LogP) is 2.84. The Morgan fingerprint density at radius 1 is 1.41 bits per heavy atom. The van der Waals surface area contributed by atoms with Crippen LogP contribution in [-0.4, -0.2) is 42.5 Å². The molecule has 1 saturated heterocycles. The van der Waals surface area contributed by atoms with Crippen LogP contribution in [0.3, 0.4) is 0 Å². The molecule has 1 N–H and O–H groups in total. The van der Waals surface area contributed by atoms with Gasteiger partial charge in [-0.25, -0.2) is 8.42 Å². The number of hydrogen-bond donors (Lipinski definition) is 1. The van der Waals surface area contributed by atoms with E-state index in [1.54, 1.807) is 0 Å². The lowest BCUT2D eigenvalue weighted by atomic mass is 10.1. The molecule has 1 aliphatic heterocycles. The smallest absolute Gasteiger partial charge is 0.173 e. The predicted molar refractivity (Wildman–Crippen MR) is 96.0 cm³/mol. The topological polar surface area (TPSA) is 49.4 Å². The highest BCUT2D eigenvalue weighted by Gasteiger charge is 2.33. The number of anilines is 1. The van der Waals surface area contributed by atoms with Crippen LogP contribution in [0.4, 0.5) is 5.69 Å². The third-order valence-electron chi connectivity index (χ3n) is 3.86. The molecule has 0 spiro atoms. The van der Waals surface area contributed by atoms with Gasteiger partial charge in [-0.2, -0.15) is 0 Å².